The van der Waals surface area contributed by atoms with Gasteiger partial charge < -0.3 is 9.84 Å². The Bertz CT molecular complexity index is 632. The summed E-state index contributed by atoms with van der Waals surface area (Å²) in [5, 5.41) is 9.54. The van der Waals surface area contributed by atoms with E-state index in [9.17, 15) is 5.11 Å². The summed E-state index contributed by atoms with van der Waals surface area (Å²) >= 11 is 1.80. The van der Waals surface area contributed by atoms with E-state index in [1.165, 1.54) is 25.1 Å². The molecule has 1 N–H and O–H groups in total. The number of ether oxygens (including phenoxy) is 1. The number of aromatic nitrogens is 1. The number of fused-ring (bicyclic) bond motifs is 1. The van der Waals surface area contributed by atoms with Crippen LogP contribution in [-0.4, -0.2) is 71.0 Å². The molecular weight excluding hydrogens is 358 g/mol. The van der Waals surface area contributed by atoms with Crippen LogP contribution in [0.25, 0.3) is 5.57 Å². The second kappa shape index (κ2) is 8.95. The topological polar surface area (TPSA) is 48.8 Å². The summed E-state index contributed by atoms with van der Waals surface area (Å²) in [6.07, 6.45) is 8.67. The van der Waals surface area contributed by atoms with Crippen LogP contribution < -0.4 is 4.74 Å². The molecule has 1 aromatic heterocycles. The Labute approximate surface area is 167 Å². The fraction of sp³-hybridized carbons (Fsp3) is 0.667. The minimum Gasteiger partial charge on any atom is -0.495 e. The number of hydrogen-bond acceptors (Lipinski definition) is 6. The van der Waals surface area contributed by atoms with Crippen molar-refractivity contribution in [3.8, 4) is 5.75 Å². The van der Waals surface area contributed by atoms with Crippen molar-refractivity contribution in [1.82, 2.24) is 14.2 Å². The predicted molar refractivity (Wildman–Crippen MR) is 113 cm³/mol. The highest BCUT2D eigenvalue weighted by atomic mass is 32.2. The zero-order valence-electron chi connectivity index (χ0n) is 17.0. The zero-order chi connectivity index (χ0) is 19.4. The molecular formula is C21H33N3O2S. The van der Waals surface area contributed by atoms with E-state index in [0.29, 0.717) is 0 Å². The van der Waals surface area contributed by atoms with E-state index in [-0.39, 0.29) is 0 Å². The van der Waals surface area contributed by atoms with Gasteiger partial charge >= 0.3 is 0 Å². The quantitative estimate of drug-likeness (QED) is 0.778. The number of pyridine rings is 1. The molecule has 0 amide bonds. The van der Waals surface area contributed by atoms with Crippen LogP contribution >= 0.6 is 11.9 Å². The summed E-state index contributed by atoms with van der Waals surface area (Å²) in [6.45, 7) is 9.18. The van der Waals surface area contributed by atoms with E-state index in [4.69, 9.17) is 4.74 Å². The zero-order valence-corrected chi connectivity index (χ0v) is 17.8. The van der Waals surface area contributed by atoms with Gasteiger partial charge in [0.1, 0.15) is 5.75 Å². The van der Waals surface area contributed by atoms with E-state index < -0.39 is 5.60 Å². The van der Waals surface area contributed by atoms with Gasteiger partial charge in [0.2, 0.25) is 0 Å². The van der Waals surface area contributed by atoms with Crippen molar-refractivity contribution in [2.45, 2.75) is 32.3 Å². The van der Waals surface area contributed by atoms with E-state index in [1.807, 2.05) is 26.0 Å². The van der Waals surface area contributed by atoms with Crippen LogP contribution in [0.2, 0.25) is 0 Å². The Kier molecular flexibility index (Phi) is 6.84. The first-order valence-corrected chi connectivity index (χ1v) is 11.0. The molecule has 1 aliphatic carbocycles. The van der Waals surface area contributed by atoms with Crippen LogP contribution in [0, 0.1) is 11.8 Å². The van der Waals surface area contributed by atoms with Gasteiger partial charge in [0, 0.05) is 32.7 Å². The van der Waals surface area contributed by atoms with Gasteiger partial charge in [-0.3, -0.25) is 9.88 Å². The summed E-state index contributed by atoms with van der Waals surface area (Å²) in [5.74, 6) is 2.78. The van der Waals surface area contributed by atoms with Crippen LogP contribution in [-0.2, 0) is 0 Å². The van der Waals surface area contributed by atoms with Crippen molar-refractivity contribution in [2.75, 3.05) is 46.1 Å². The van der Waals surface area contributed by atoms with Gasteiger partial charge in [0.25, 0.3) is 0 Å². The van der Waals surface area contributed by atoms with Gasteiger partial charge in [-0.05, 0) is 62.5 Å². The number of rotatable bonds is 5. The van der Waals surface area contributed by atoms with E-state index >= 15 is 0 Å². The average molecular weight is 392 g/mol. The molecule has 1 aromatic rings. The molecule has 6 heteroatoms. The SMILES string of the molecule is CC(C)(O)CN1CC2CC2C1.COc1ccc(C2=CCN(SC)CC2)nc1. The maximum absolute atomic E-state index is 9.54. The molecule has 27 heavy (non-hydrogen) atoms. The predicted octanol–water partition coefficient (Wildman–Crippen LogP) is 3.17. The standard InChI is InChI=1S/C12H16N2OS.C9H17NO/c1-15-11-3-4-12(13-9-11)10-5-7-14(16-2)8-6-10;1-9(2,11)6-10-4-7-3-8(7)5-10/h3-5,9H,6-8H2,1-2H3;7-8,11H,3-6H2,1-2H3. The van der Waals surface area contributed by atoms with Gasteiger partial charge in [0.15, 0.2) is 0 Å². The number of methoxy groups -OCH3 is 1. The molecule has 1 saturated carbocycles. The van der Waals surface area contributed by atoms with Crippen LogP contribution in [0.4, 0.5) is 0 Å². The van der Waals surface area contributed by atoms with Gasteiger partial charge in [-0.25, -0.2) is 4.31 Å². The highest BCUT2D eigenvalue weighted by Crippen LogP contribution is 2.45. The third-order valence-electron chi connectivity index (χ3n) is 5.40. The molecule has 0 spiro atoms. The van der Waals surface area contributed by atoms with Crippen molar-refractivity contribution in [2.24, 2.45) is 11.8 Å². The number of β-amino-alcohol motifs (C(OH)–C–C–N with tert-alkyl or cyclic N) is 1. The molecule has 0 aromatic carbocycles. The summed E-state index contributed by atoms with van der Waals surface area (Å²) in [6, 6.07) is 3.99. The molecule has 0 radical (unpaired) electrons. The molecule has 150 valence electrons. The van der Waals surface area contributed by atoms with Gasteiger partial charge in [-0.2, -0.15) is 0 Å². The van der Waals surface area contributed by atoms with Crippen LogP contribution in [0.1, 0.15) is 32.4 Å². The molecule has 2 fully saturated rings. The first-order valence-electron chi connectivity index (χ1n) is 9.81. The van der Waals surface area contributed by atoms with E-state index in [1.54, 1.807) is 25.3 Å². The Morgan fingerprint density at radius 1 is 1.30 bits per heavy atom. The monoisotopic (exact) mass is 391 g/mol. The van der Waals surface area contributed by atoms with E-state index in [0.717, 1.165) is 49.3 Å². The van der Waals surface area contributed by atoms with Gasteiger partial charge in [0.05, 0.1) is 24.6 Å². The number of aliphatic hydroxyl groups is 1. The Morgan fingerprint density at radius 2 is 2.04 bits per heavy atom. The van der Waals surface area contributed by atoms with Crippen molar-refractivity contribution < 1.29 is 9.84 Å². The molecule has 2 unspecified atom stereocenters. The summed E-state index contributed by atoms with van der Waals surface area (Å²) < 4.78 is 7.44. The smallest absolute Gasteiger partial charge is 0.137 e. The van der Waals surface area contributed by atoms with Crippen molar-refractivity contribution >= 4 is 17.5 Å². The second-order valence-electron chi connectivity index (χ2n) is 8.40. The Morgan fingerprint density at radius 3 is 2.52 bits per heavy atom. The highest BCUT2D eigenvalue weighted by Gasteiger charge is 2.45. The third kappa shape index (κ3) is 6.21. The van der Waals surface area contributed by atoms with Crippen LogP contribution in [0.15, 0.2) is 24.4 Å². The van der Waals surface area contributed by atoms with Gasteiger partial charge in [-0.1, -0.05) is 18.0 Å². The summed E-state index contributed by atoms with van der Waals surface area (Å²) in [5.41, 5.74) is 1.91. The van der Waals surface area contributed by atoms with Crippen molar-refractivity contribution in [3.63, 3.8) is 0 Å². The van der Waals surface area contributed by atoms with Gasteiger partial charge in [-0.15, -0.1) is 0 Å². The maximum atomic E-state index is 9.54. The first kappa shape index (κ1) is 20.6. The minimum absolute atomic E-state index is 0.503. The number of likely N-dealkylation sites (tertiary alicyclic amines) is 1. The molecule has 0 bridgehead atoms. The molecule has 2 aliphatic heterocycles. The lowest BCUT2D eigenvalue weighted by Crippen LogP contribution is -2.38. The average Bonchev–Trinajstić information content (AvgIpc) is 3.27. The number of piperidine rings is 1. The summed E-state index contributed by atoms with van der Waals surface area (Å²) in [4.78, 5) is 6.79. The van der Waals surface area contributed by atoms with Crippen LogP contribution in [0.5, 0.6) is 5.75 Å². The first-order chi connectivity index (χ1) is 12.9. The van der Waals surface area contributed by atoms with E-state index in [2.05, 4.69) is 26.5 Å². The minimum atomic E-state index is -0.503. The lowest BCUT2D eigenvalue weighted by Gasteiger charge is -2.25. The van der Waals surface area contributed by atoms with Crippen molar-refractivity contribution in [3.05, 3.63) is 30.1 Å². The normalized spacial score (nSPS) is 25.3. The largest absolute Gasteiger partial charge is 0.495 e. The highest BCUT2D eigenvalue weighted by molar-refractivity contribution is 7.96. The maximum Gasteiger partial charge on any atom is 0.137 e. The summed E-state index contributed by atoms with van der Waals surface area (Å²) in [7, 11) is 1.66. The second-order valence-corrected chi connectivity index (χ2v) is 9.28. The Hall–Kier alpha value is -1.08. The lowest BCUT2D eigenvalue weighted by atomic mass is 10.1. The third-order valence-corrected chi connectivity index (χ3v) is 6.24. The Balaban J connectivity index is 0.000000166. The molecule has 1 saturated heterocycles. The fourth-order valence-corrected chi connectivity index (χ4v) is 4.41. The number of hydrogen-bond donors (Lipinski definition) is 1. The molecule has 5 nitrogen and oxygen atoms in total. The fourth-order valence-electron chi connectivity index (χ4n) is 3.91. The molecule has 2 atom stereocenters. The molecule has 3 heterocycles. The van der Waals surface area contributed by atoms with Crippen molar-refractivity contribution in [1.29, 1.82) is 0 Å². The number of nitrogens with zero attached hydrogens (tertiary/aromatic N) is 3. The molecule has 4 rings (SSSR count). The molecule has 3 aliphatic rings. The lowest BCUT2D eigenvalue weighted by molar-refractivity contribution is 0.0404. The van der Waals surface area contributed by atoms with Crippen LogP contribution in [0.3, 0.4) is 0 Å².